The van der Waals surface area contributed by atoms with E-state index in [0.717, 1.165) is 6.54 Å². The molecule has 4 heteroatoms. The van der Waals surface area contributed by atoms with Crippen LogP contribution < -0.4 is 5.73 Å². The molecular weight excluding hydrogens is 180 g/mol. The lowest BCUT2D eigenvalue weighted by Gasteiger charge is -1.85. The number of nitro groups is 1. The summed E-state index contributed by atoms with van der Waals surface area (Å²) in [4.78, 5) is 9.59. The van der Waals surface area contributed by atoms with E-state index in [0.29, 0.717) is 0 Å². The van der Waals surface area contributed by atoms with E-state index >= 15 is 0 Å². The highest BCUT2D eigenvalue weighted by molar-refractivity contribution is 5.27. The summed E-state index contributed by atoms with van der Waals surface area (Å²) in [6.45, 7) is 2.98. The van der Waals surface area contributed by atoms with Crippen LogP contribution in [-0.2, 0) is 0 Å². The molecule has 1 aromatic rings. The average Bonchev–Trinajstić information content (AvgIpc) is 2.21. The average molecular weight is 196 g/mol. The second kappa shape index (κ2) is 8.19. The van der Waals surface area contributed by atoms with Gasteiger partial charge in [0.15, 0.2) is 0 Å². The third kappa shape index (κ3) is 6.14. The molecule has 0 aliphatic heterocycles. The van der Waals surface area contributed by atoms with Crippen LogP contribution in [0, 0.1) is 10.1 Å². The van der Waals surface area contributed by atoms with Gasteiger partial charge in [0.25, 0.3) is 5.69 Å². The number of hydrogen-bond acceptors (Lipinski definition) is 3. The van der Waals surface area contributed by atoms with Crippen LogP contribution in [0.25, 0.3) is 0 Å². The Morgan fingerprint density at radius 3 is 2.14 bits per heavy atom. The Hall–Kier alpha value is -1.42. The molecule has 14 heavy (non-hydrogen) atoms. The van der Waals surface area contributed by atoms with Crippen molar-refractivity contribution in [1.29, 1.82) is 0 Å². The summed E-state index contributed by atoms with van der Waals surface area (Å²) < 4.78 is 0. The van der Waals surface area contributed by atoms with Crippen LogP contribution in [0.2, 0.25) is 0 Å². The number of nitrogens with two attached hydrogens (primary N) is 1. The number of hydrogen-bond donors (Lipinski definition) is 1. The van der Waals surface area contributed by atoms with Gasteiger partial charge in [-0.1, -0.05) is 31.5 Å². The molecule has 2 N–H and O–H groups in total. The summed E-state index contributed by atoms with van der Waals surface area (Å²) in [6, 6.07) is 7.93. The van der Waals surface area contributed by atoms with Crippen LogP contribution in [0.3, 0.4) is 0 Å². The van der Waals surface area contributed by atoms with E-state index < -0.39 is 4.92 Å². The van der Waals surface area contributed by atoms with Crippen LogP contribution in [0.15, 0.2) is 30.3 Å². The molecule has 0 heterocycles. The predicted octanol–water partition coefficient (Wildman–Crippen LogP) is 2.34. The summed E-state index contributed by atoms with van der Waals surface area (Å²) >= 11 is 0. The normalized spacial score (nSPS) is 8.71. The monoisotopic (exact) mass is 196 g/mol. The Bertz CT molecular complexity index is 248. The van der Waals surface area contributed by atoms with Gasteiger partial charge in [0, 0.05) is 12.1 Å². The molecule has 1 aromatic carbocycles. The van der Waals surface area contributed by atoms with Gasteiger partial charge in [-0.15, -0.1) is 0 Å². The SMILES string of the molecule is CCCCN.O=[N+]([O-])c1ccccc1. The van der Waals surface area contributed by atoms with Gasteiger partial charge in [-0.2, -0.15) is 0 Å². The second-order valence-corrected chi connectivity index (χ2v) is 2.73. The smallest absolute Gasteiger partial charge is 0.269 e. The number of non-ortho nitro benzene ring substituents is 1. The van der Waals surface area contributed by atoms with E-state index in [2.05, 4.69) is 6.92 Å². The number of nitro benzene ring substituents is 1. The first-order valence-electron chi connectivity index (χ1n) is 4.61. The third-order valence-corrected chi connectivity index (χ3v) is 1.52. The first-order valence-corrected chi connectivity index (χ1v) is 4.61. The van der Waals surface area contributed by atoms with Crippen molar-refractivity contribution in [3.05, 3.63) is 40.4 Å². The Morgan fingerprint density at radius 2 is 1.93 bits per heavy atom. The molecule has 0 bridgehead atoms. The molecule has 0 saturated carbocycles. The first kappa shape index (κ1) is 12.6. The Morgan fingerprint density at radius 1 is 1.36 bits per heavy atom. The number of nitrogens with zero attached hydrogens (tertiary/aromatic N) is 1. The summed E-state index contributed by atoms with van der Waals surface area (Å²) in [5.74, 6) is 0. The summed E-state index contributed by atoms with van der Waals surface area (Å²) in [6.07, 6.45) is 2.39. The molecular formula is C10H16N2O2. The molecule has 0 aromatic heterocycles. The fourth-order valence-corrected chi connectivity index (χ4v) is 0.754. The number of unbranched alkanes of at least 4 members (excludes halogenated alkanes) is 1. The zero-order valence-electron chi connectivity index (χ0n) is 8.35. The summed E-state index contributed by atoms with van der Waals surface area (Å²) in [5, 5.41) is 10.0. The highest BCUT2D eigenvalue weighted by Gasteiger charge is 1.98. The largest absolute Gasteiger partial charge is 0.330 e. The highest BCUT2D eigenvalue weighted by Crippen LogP contribution is 2.06. The van der Waals surface area contributed by atoms with E-state index in [1.165, 1.54) is 25.0 Å². The third-order valence-electron chi connectivity index (χ3n) is 1.52. The molecule has 1 rings (SSSR count). The molecule has 0 atom stereocenters. The standard InChI is InChI=1S/C6H5NO2.C4H11N/c8-7(9)6-4-2-1-3-5-6;1-2-3-4-5/h1-5H;2-5H2,1H3. The molecule has 0 aliphatic rings. The number of benzene rings is 1. The number of rotatable bonds is 3. The van der Waals surface area contributed by atoms with Crippen LogP contribution in [0.1, 0.15) is 19.8 Å². The van der Waals surface area contributed by atoms with Crippen molar-refractivity contribution in [1.82, 2.24) is 0 Å². The Kier molecular flexibility index (Phi) is 7.36. The van der Waals surface area contributed by atoms with Crippen LogP contribution in [0.5, 0.6) is 0 Å². The van der Waals surface area contributed by atoms with E-state index in [1.54, 1.807) is 18.2 Å². The lowest BCUT2D eigenvalue weighted by molar-refractivity contribution is -0.384. The van der Waals surface area contributed by atoms with Crippen LogP contribution >= 0.6 is 0 Å². The van der Waals surface area contributed by atoms with Gasteiger partial charge >= 0.3 is 0 Å². The molecule has 0 aliphatic carbocycles. The number of para-hydroxylation sites is 1. The minimum absolute atomic E-state index is 0.137. The molecule has 4 nitrogen and oxygen atoms in total. The van der Waals surface area contributed by atoms with Gasteiger partial charge in [-0.3, -0.25) is 10.1 Å². The van der Waals surface area contributed by atoms with Gasteiger partial charge in [-0.05, 0) is 13.0 Å². The van der Waals surface area contributed by atoms with Crippen LogP contribution in [-0.4, -0.2) is 11.5 Å². The minimum Gasteiger partial charge on any atom is -0.330 e. The van der Waals surface area contributed by atoms with Crippen molar-refractivity contribution in [3.8, 4) is 0 Å². The molecule has 0 unspecified atom stereocenters. The zero-order valence-corrected chi connectivity index (χ0v) is 8.35. The second-order valence-electron chi connectivity index (χ2n) is 2.73. The molecule has 0 fully saturated rings. The molecule has 0 radical (unpaired) electrons. The van der Waals surface area contributed by atoms with Crippen molar-refractivity contribution >= 4 is 5.69 Å². The predicted molar refractivity (Wildman–Crippen MR) is 57.1 cm³/mol. The summed E-state index contributed by atoms with van der Waals surface area (Å²) in [7, 11) is 0. The Balaban J connectivity index is 0.000000292. The van der Waals surface area contributed by atoms with E-state index in [1.807, 2.05) is 0 Å². The molecule has 78 valence electrons. The lowest BCUT2D eigenvalue weighted by atomic mass is 10.3. The molecule has 0 amide bonds. The van der Waals surface area contributed by atoms with Gasteiger partial charge in [-0.25, -0.2) is 0 Å². The maximum absolute atomic E-state index is 10.0. The topological polar surface area (TPSA) is 69.2 Å². The van der Waals surface area contributed by atoms with Crippen molar-refractivity contribution in [2.24, 2.45) is 5.73 Å². The highest BCUT2D eigenvalue weighted by atomic mass is 16.6. The van der Waals surface area contributed by atoms with Crippen molar-refractivity contribution in [2.45, 2.75) is 19.8 Å². The quantitative estimate of drug-likeness (QED) is 0.595. The molecule has 0 spiro atoms. The van der Waals surface area contributed by atoms with Crippen LogP contribution in [0.4, 0.5) is 5.69 Å². The first-order chi connectivity index (χ1) is 6.72. The van der Waals surface area contributed by atoms with E-state index in [4.69, 9.17) is 5.73 Å². The van der Waals surface area contributed by atoms with Gasteiger partial charge in [0.2, 0.25) is 0 Å². The van der Waals surface area contributed by atoms with Crippen molar-refractivity contribution in [2.75, 3.05) is 6.54 Å². The maximum Gasteiger partial charge on any atom is 0.269 e. The lowest BCUT2D eigenvalue weighted by Crippen LogP contribution is -1.95. The Labute approximate surface area is 83.9 Å². The fourth-order valence-electron chi connectivity index (χ4n) is 0.754. The van der Waals surface area contributed by atoms with Gasteiger partial charge in [0.05, 0.1) is 4.92 Å². The van der Waals surface area contributed by atoms with Crippen molar-refractivity contribution < 1.29 is 4.92 Å². The van der Waals surface area contributed by atoms with E-state index in [-0.39, 0.29) is 5.69 Å². The zero-order chi connectivity index (χ0) is 10.8. The van der Waals surface area contributed by atoms with Crippen molar-refractivity contribution in [3.63, 3.8) is 0 Å². The fraction of sp³-hybridized carbons (Fsp3) is 0.400. The van der Waals surface area contributed by atoms with Gasteiger partial charge in [0.1, 0.15) is 0 Å². The van der Waals surface area contributed by atoms with E-state index in [9.17, 15) is 10.1 Å². The van der Waals surface area contributed by atoms with Gasteiger partial charge < -0.3 is 5.73 Å². The maximum atomic E-state index is 10.0. The summed E-state index contributed by atoms with van der Waals surface area (Å²) in [5.41, 5.74) is 5.28. The molecule has 0 saturated heterocycles. The minimum atomic E-state index is -0.417.